The molecule has 116 valence electrons. The Morgan fingerprint density at radius 2 is 2.14 bits per heavy atom. The highest BCUT2D eigenvalue weighted by molar-refractivity contribution is 6.34. The van der Waals surface area contributed by atoms with E-state index >= 15 is 0 Å². The predicted octanol–water partition coefficient (Wildman–Crippen LogP) is 1.65. The molecule has 1 unspecified atom stereocenters. The summed E-state index contributed by atoms with van der Waals surface area (Å²) in [6, 6.07) is 4.50. The first-order chi connectivity index (χ1) is 9.56. The minimum atomic E-state index is -0.399. The summed E-state index contributed by atoms with van der Waals surface area (Å²) in [4.78, 5) is 23.1. The molecule has 1 fully saturated rings. The summed E-state index contributed by atoms with van der Waals surface area (Å²) in [5.41, 5.74) is 1.03. The van der Waals surface area contributed by atoms with Crippen LogP contribution in [0.3, 0.4) is 0 Å². The molecule has 0 saturated carbocycles. The minimum absolute atomic E-state index is 0. The van der Waals surface area contributed by atoms with Crippen molar-refractivity contribution in [3.63, 3.8) is 0 Å². The van der Waals surface area contributed by atoms with Crippen LogP contribution >= 0.6 is 24.0 Å². The lowest BCUT2D eigenvalue weighted by atomic mass is 10.2. The zero-order valence-corrected chi connectivity index (χ0v) is 13.0. The Bertz CT molecular complexity index is 519. The lowest BCUT2D eigenvalue weighted by molar-refractivity contribution is -0.120. The summed E-state index contributed by atoms with van der Waals surface area (Å²) in [6.45, 7) is 2.98. The molecule has 0 bridgehead atoms. The van der Waals surface area contributed by atoms with Crippen molar-refractivity contribution in [2.24, 2.45) is 0 Å². The van der Waals surface area contributed by atoms with Crippen molar-refractivity contribution in [2.45, 2.75) is 13.0 Å². The van der Waals surface area contributed by atoms with Crippen molar-refractivity contribution in [1.82, 2.24) is 5.32 Å². The fourth-order valence-corrected chi connectivity index (χ4v) is 2.02. The monoisotopic (exact) mass is 333 g/mol. The molecule has 0 aliphatic carbocycles. The van der Waals surface area contributed by atoms with Gasteiger partial charge < -0.3 is 20.7 Å². The van der Waals surface area contributed by atoms with Gasteiger partial charge in [-0.05, 0) is 18.2 Å². The molecule has 2 amide bonds. The summed E-state index contributed by atoms with van der Waals surface area (Å²) in [6.07, 6.45) is 0. The van der Waals surface area contributed by atoms with E-state index in [9.17, 15) is 9.59 Å². The van der Waals surface area contributed by atoms with E-state index in [0.717, 1.165) is 0 Å². The highest BCUT2D eigenvalue weighted by Crippen LogP contribution is 2.25. The third-order valence-corrected chi connectivity index (χ3v) is 3.11. The second kappa shape index (κ2) is 8.19. The van der Waals surface area contributed by atoms with Crippen molar-refractivity contribution in [2.75, 3.05) is 30.4 Å². The maximum Gasteiger partial charge on any atom is 0.243 e. The maximum atomic E-state index is 12.1. The zero-order chi connectivity index (χ0) is 14.5. The lowest BCUT2D eigenvalue weighted by Gasteiger charge is -2.23. The molecule has 6 nitrogen and oxygen atoms in total. The molecule has 1 atom stereocenters. The standard InChI is InChI=1S/C13H16ClN3O3.ClH/c1-8(18)16-9-2-3-10(14)11(6-9)17-13(19)12-7-20-5-4-15-12;/h2-3,6,12,15H,4-5,7H2,1H3,(H,16,18)(H,17,19);1H. The maximum absolute atomic E-state index is 12.1. The number of hydrogen-bond acceptors (Lipinski definition) is 4. The Hall–Kier alpha value is -1.34. The van der Waals surface area contributed by atoms with Crippen molar-refractivity contribution in [3.05, 3.63) is 23.2 Å². The van der Waals surface area contributed by atoms with E-state index in [-0.39, 0.29) is 24.2 Å². The van der Waals surface area contributed by atoms with E-state index in [1.165, 1.54) is 6.92 Å². The second-order valence-electron chi connectivity index (χ2n) is 4.45. The molecule has 0 spiro atoms. The molecule has 2 rings (SSSR count). The van der Waals surface area contributed by atoms with Gasteiger partial charge in [-0.1, -0.05) is 11.6 Å². The molecule has 0 radical (unpaired) electrons. The Morgan fingerprint density at radius 3 is 2.76 bits per heavy atom. The van der Waals surface area contributed by atoms with Crippen LogP contribution in [-0.2, 0) is 14.3 Å². The molecular formula is C13H17Cl2N3O3. The number of morpholine rings is 1. The van der Waals surface area contributed by atoms with Crippen molar-refractivity contribution >= 4 is 47.2 Å². The van der Waals surface area contributed by atoms with Crippen LogP contribution in [0.2, 0.25) is 5.02 Å². The fourth-order valence-electron chi connectivity index (χ4n) is 1.86. The van der Waals surface area contributed by atoms with E-state index in [4.69, 9.17) is 16.3 Å². The molecule has 1 heterocycles. The second-order valence-corrected chi connectivity index (χ2v) is 4.85. The Labute approximate surface area is 134 Å². The van der Waals surface area contributed by atoms with Crippen LogP contribution in [0, 0.1) is 0 Å². The third-order valence-electron chi connectivity index (χ3n) is 2.78. The van der Waals surface area contributed by atoms with Crippen molar-refractivity contribution < 1.29 is 14.3 Å². The van der Waals surface area contributed by atoms with Crippen LogP contribution < -0.4 is 16.0 Å². The summed E-state index contributed by atoms with van der Waals surface area (Å²) >= 11 is 6.04. The number of nitrogens with one attached hydrogen (secondary N) is 3. The summed E-state index contributed by atoms with van der Waals surface area (Å²) in [5, 5.41) is 8.83. The first-order valence-corrected chi connectivity index (χ1v) is 6.63. The quantitative estimate of drug-likeness (QED) is 0.785. The lowest BCUT2D eigenvalue weighted by Crippen LogP contribution is -2.48. The number of amides is 2. The van der Waals surface area contributed by atoms with E-state index < -0.39 is 6.04 Å². The molecule has 21 heavy (non-hydrogen) atoms. The first-order valence-electron chi connectivity index (χ1n) is 6.25. The van der Waals surface area contributed by atoms with Crippen molar-refractivity contribution in [3.8, 4) is 0 Å². The van der Waals surface area contributed by atoms with Gasteiger partial charge >= 0.3 is 0 Å². The highest BCUT2D eigenvalue weighted by Gasteiger charge is 2.21. The summed E-state index contributed by atoms with van der Waals surface area (Å²) < 4.78 is 5.23. The van der Waals surface area contributed by atoms with Crippen LogP contribution in [0.25, 0.3) is 0 Å². The first kappa shape index (κ1) is 17.7. The van der Waals surface area contributed by atoms with Gasteiger partial charge in [0.1, 0.15) is 6.04 Å². The van der Waals surface area contributed by atoms with E-state index in [1.54, 1.807) is 18.2 Å². The number of carbonyl (C=O) groups is 2. The zero-order valence-electron chi connectivity index (χ0n) is 11.4. The van der Waals surface area contributed by atoms with E-state index in [1.807, 2.05) is 0 Å². The molecule has 1 aliphatic rings. The number of anilines is 2. The van der Waals surface area contributed by atoms with Gasteiger partial charge in [0.05, 0.1) is 23.9 Å². The van der Waals surface area contributed by atoms with Gasteiger partial charge in [-0.3, -0.25) is 9.59 Å². The average Bonchev–Trinajstić information content (AvgIpc) is 2.43. The largest absolute Gasteiger partial charge is 0.378 e. The SMILES string of the molecule is CC(=O)Nc1ccc(Cl)c(NC(=O)C2COCCN2)c1.Cl. The molecule has 3 N–H and O–H groups in total. The molecule has 1 aromatic rings. The average molecular weight is 334 g/mol. The predicted molar refractivity (Wildman–Crippen MR) is 84.2 cm³/mol. The Balaban J connectivity index is 0.00000220. The number of halogens is 2. The molecule has 1 saturated heterocycles. The normalized spacial score (nSPS) is 17.5. The Kier molecular flexibility index (Phi) is 6.91. The third kappa shape index (κ3) is 5.17. The van der Waals surface area contributed by atoms with Crippen LogP contribution in [0.15, 0.2) is 18.2 Å². The minimum Gasteiger partial charge on any atom is -0.378 e. The van der Waals surface area contributed by atoms with E-state index in [0.29, 0.717) is 36.2 Å². The molecule has 0 aromatic heterocycles. The van der Waals surface area contributed by atoms with Crippen LogP contribution in [0.4, 0.5) is 11.4 Å². The molecular weight excluding hydrogens is 317 g/mol. The van der Waals surface area contributed by atoms with Crippen LogP contribution in [0.1, 0.15) is 6.92 Å². The number of hydrogen-bond donors (Lipinski definition) is 3. The molecule has 8 heteroatoms. The van der Waals surface area contributed by atoms with Crippen molar-refractivity contribution in [1.29, 1.82) is 0 Å². The highest BCUT2D eigenvalue weighted by atomic mass is 35.5. The van der Waals surface area contributed by atoms with Gasteiger partial charge in [-0.25, -0.2) is 0 Å². The summed E-state index contributed by atoms with van der Waals surface area (Å²) in [7, 11) is 0. The van der Waals surface area contributed by atoms with Gasteiger partial charge in [0.25, 0.3) is 0 Å². The Morgan fingerprint density at radius 1 is 1.38 bits per heavy atom. The number of rotatable bonds is 3. The number of benzene rings is 1. The van der Waals surface area contributed by atoms with Gasteiger partial charge in [0.15, 0.2) is 0 Å². The number of ether oxygens (including phenoxy) is 1. The smallest absolute Gasteiger partial charge is 0.243 e. The van der Waals surface area contributed by atoms with Gasteiger partial charge in [0, 0.05) is 19.2 Å². The molecule has 1 aliphatic heterocycles. The summed E-state index contributed by atoms with van der Waals surface area (Å²) in [5.74, 6) is -0.404. The van der Waals surface area contributed by atoms with Crippen LogP contribution in [0.5, 0.6) is 0 Å². The topological polar surface area (TPSA) is 79.5 Å². The van der Waals surface area contributed by atoms with Crippen LogP contribution in [-0.4, -0.2) is 37.6 Å². The van der Waals surface area contributed by atoms with E-state index in [2.05, 4.69) is 16.0 Å². The number of carbonyl (C=O) groups excluding carboxylic acids is 2. The fraction of sp³-hybridized carbons (Fsp3) is 0.385. The van der Waals surface area contributed by atoms with Gasteiger partial charge in [-0.2, -0.15) is 0 Å². The van der Waals surface area contributed by atoms with Gasteiger partial charge in [-0.15, -0.1) is 12.4 Å². The molecule has 1 aromatic carbocycles. The van der Waals surface area contributed by atoms with Gasteiger partial charge in [0.2, 0.25) is 11.8 Å².